The molecule has 3 unspecified atom stereocenters. The molecule has 1 saturated heterocycles. The van der Waals surface area contributed by atoms with Crippen LogP contribution in [0, 0.1) is 23.7 Å². The van der Waals surface area contributed by atoms with Crippen molar-refractivity contribution in [3.05, 3.63) is 0 Å². The normalized spacial score (nSPS) is 43.1. The minimum atomic E-state index is 0.814. The van der Waals surface area contributed by atoms with Crippen molar-refractivity contribution in [2.45, 2.75) is 25.7 Å². The minimum absolute atomic E-state index is 0.814. The van der Waals surface area contributed by atoms with Crippen LogP contribution in [0.5, 0.6) is 0 Å². The van der Waals surface area contributed by atoms with Gasteiger partial charge in [0.05, 0.1) is 0 Å². The van der Waals surface area contributed by atoms with Gasteiger partial charge in [-0.05, 0) is 49.5 Å². The van der Waals surface area contributed by atoms with Crippen molar-refractivity contribution < 1.29 is 0 Å². The summed E-state index contributed by atoms with van der Waals surface area (Å²) in [6.07, 6.45) is 6.16. The average molecular weight is 194 g/mol. The molecule has 0 spiro atoms. The van der Waals surface area contributed by atoms with Gasteiger partial charge in [-0.25, -0.2) is 0 Å². The van der Waals surface area contributed by atoms with E-state index in [4.69, 9.17) is 5.73 Å². The highest BCUT2D eigenvalue weighted by Gasteiger charge is 2.41. The van der Waals surface area contributed by atoms with Crippen LogP contribution in [0.25, 0.3) is 0 Å². The number of nitrogens with two attached hydrogens (primary N) is 1. The molecular weight excluding hydrogens is 172 g/mol. The zero-order valence-corrected chi connectivity index (χ0v) is 8.99. The number of nitrogens with zero attached hydrogens (tertiary/aromatic N) is 1. The summed E-state index contributed by atoms with van der Waals surface area (Å²) in [5, 5.41) is 0. The largest absolute Gasteiger partial charge is 0.330 e. The van der Waals surface area contributed by atoms with E-state index in [1.54, 1.807) is 6.42 Å². The smallest absolute Gasteiger partial charge is 0.00342 e. The van der Waals surface area contributed by atoms with E-state index in [2.05, 4.69) is 4.90 Å². The molecule has 2 aliphatic carbocycles. The van der Waals surface area contributed by atoms with Crippen LogP contribution in [0.1, 0.15) is 25.7 Å². The second-order valence-electron chi connectivity index (χ2n) is 5.76. The van der Waals surface area contributed by atoms with Gasteiger partial charge in [0.15, 0.2) is 0 Å². The molecule has 14 heavy (non-hydrogen) atoms. The second kappa shape index (κ2) is 3.49. The van der Waals surface area contributed by atoms with Crippen LogP contribution in [-0.2, 0) is 0 Å². The van der Waals surface area contributed by atoms with Crippen LogP contribution in [0.15, 0.2) is 0 Å². The topological polar surface area (TPSA) is 29.3 Å². The summed E-state index contributed by atoms with van der Waals surface area (Å²) in [5.41, 5.74) is 5.64. The Labute approximate surface area is 86.8 Å². The van der Waals surface area contributed by atoms with Crippen molar-refractivity contribution in [1.82, 2.24) is 4.90 Å². The first-order chi connectivity index (χ1) is 6.85. The standard InChI is InChI=1S/C12H22N2/c13-5-10-6-14(7-10)8-12-4-9-1-2-11(12)3-9/h9-12H,1-8,13H2. The Morgan fingerprint density at radius 2 is 2.00 bits per heavy atom. The maximum Gasteiger partial charge on any atom is 0.00342 e. The van der Waals surface area contributed by atoms with Gasteiger partial charge in [-0.3, -0.25) is 0 Å². The molecule has 0 aromatic rings. The van der Waals surface area contributed by atoms with Gasteiger partial charge in [-0.1, -0.05) is 6.42 Å². The zero-order valence-electron chi connectivity index (χ0n) is 8.99. The molecule has 2 nitrogen and oxygen atoms in total. The monoisotopic (exact) mass is 194 g/mol. The van der Waals surface area contributed by atoms with Crippen molar-refractivity contribution in [3.63, 3.8) is 0 Å². The number of likely N-dealkylation sites (tertiary alicyclic amines) is 1. The first kappa shape index (κ1) is 9.17. The highest BCUT2D eigenvalue weighted by Crippen LogP contribution is 2.48. The molecule has 3 atom stereocenters. The lowest BCUT2D eigenvalue weighted by Crippen LogP contribution is -2.51. The average Bonchev–Trinajstić information content (AvgIpc) is 2.71. The number of rotatable bonds is 3. The first-order valence-corrected chi connectivity index (χ1v) is 6.27. The number of fused-ring (bicyclic) bond motifs is 2. The van der Waals surface area contributed by atoms with E-state index in [0.29, 0.717) is 0 Å². The van der Waals surface area contributed by atoms with Crippen molar-refractivity contribution in [2.24, 2.45) is 29.4 Å². The van der Waals surface area contributed by atoms with Gasteiger partial charge >= 0.3 is 0 Å². The van der Waals surface area contributed by atoms with Gasteiger partial charge in [0.1, 0.15) is 0 Å². The van der Waals surface area contributed by atoms with Crippen LogP contribution >= 0.6 is 0 Å². The van der Waals surface area contributed by atoms with Gasteiger partial charge in [0.2, 0.25) is 0 Å². The van der Waals surface area contributed by atoms with Gasteiger partial charge in [-0.15, -0.1) is 0 Å². The van der Waals surface area contributed by atoms with Gasteiger partial charge in [-0.2, -0.15) is 0 Å². The summed E-state index contributed by atoms with van der Waals surface area (Å²) in [6, 6.07) is 0. The fourth-order valence-electron chi connectivity index (χ4n) is 3.91. The lowest BCUT2D eigenvalue weighted by Gasteiger charge is -2.41. The van der Waals surface area contributed by atoms with E-state index in [9.17, 15) is 0 Å². The van der Waals surface area contributed by atoms with Crippen molar-refractivity contribution in [3.8, 4) is 0 Å². The van der Waals surface area contributed by atoms with E-state index >= 15 is 0 Å². The van der Waals surface area contributed by atoms with Crippen LogP contribution < -0.4 is 5.73 Å². The van der Waals surface area contributed by atoms with E-state index in [1.165, 1.54) is 38.9 Å². The molecule has 3 rings (SSSR count). The summed E-state index contributed by atoms with van der Waals surface area (Å²) < 4.78 is 0. The maximum absolute atomic E-state index is 5.64. The lowest BCUT2D eigenvalue weighted by atomic mass is 9.87. The van der Waals surface area contributed by atoms with Crippen molar-refractivity contribution in [2.75, 3.05) is 26.2 Å². The lowest BCUT2D eigenvalue weighted by molar-refractivity contribution is 0.0734. The van der Waals surface area contributed by atoms with Gasteiger partial charge < -0.3 is 10.6 Å². The zero-order chi connectivity index (χ0) is 9.54. The summed E-state index contributed by atoms with van der Waals surface area (Å²) >= 11 is 0. The Balaban J connectivity index is 1.46. The quantitative estimate of drug-likeness (QED) is 0.734. The van der Waals surface area contributed by atoms with Crippen LogP contribution in [-0.4, -0.2) is 31.1 Å². The Hall–Kier alpha value is -0.0800. The fraction of sp³-hybridized carbons (Fsp3) is 1.00. The highest BCUT2D eigenvalue weighted by molar-refractivity contribution is 4.93. The fourth-order valence-corrected chi connectivity index (χ4v) is 3.91. The second-order valence-corrected chi connectivity index (χ2v) is 5.76. The highest BCUT2D eigenvalue weighted by atomic mass is 15.2. The third-order valence-electron chi connectivity index (χ3n) is 4.74. The van der Waals surface area contributed by atoms with Gasteiger partial charge in [0, 0.05) is 19.6 Å². The molecule has 0 radical (unpaired) electrons. The van der Waals surface area contributed by atoms with Crippen LogP contribution in [0.3, 0.4) is 0 Å². The molecule has 0 aromatic heterocycles. The van der Waals surface area contributed by atoms with Crippen molar-refractivity contribution in [1.29, 1.82) is 0 Å². The molecule has 0 aromatic carbocycles. The van der Waals surface area contributed by atoms with Crippen LogP contribution in [0.2, 0.25) is 0 Å². The summed E-state index contributed by atoms with van der Waals surface area (Å²) in [6.45, 7) is 4.85. The minimum Gasteiger partial charge on any atom is -0.330 e. The molecule has 2 heteroatoms. The van der Waals surface area contributed by atoms with Crippen LogP contribution in [0.4, 0.5) is 0 Å². The molecular formula is C12H22N2. The molecule has 0 amide bonds. The molecule has 1 heterocycles. The summed E-state index contributed by atoms with van der Waals surface area (Å²) in [7, 11) is 0. The Morgan fingerprint density at radius 1 is 1.14 bits per heavy atom. The molecule has 2 N–H and O–H groups in total. The SMILES string of the molecule is NCC1CN(CC2CC3CCC2C3)C1. The van der Waals surface area contributed by atoms with Gasteiger partial charge in [0.25, 0.3) is 0 Å². The number of hydrogen-bond donors (Lipinski definition) is 1. The number of hydrogen-bond acceptors (Lipinski definition) is 2. The summed E-state index contributed by atoms with van der Waals surface area (Å²) in [4.78, 5) is 2.63. The van der Waals surface area contributed by atoms with Crippen molar-refractivity contribution >= 4 is 0 Å². The van der Waals surface area contributed by atoms with E-state index < -0.39 is 0 Å². The molecule has 2 bridgehead atoms. The predicted molar refractivity (Wildman–Crippen MR) is 57.9 cm³/mol. The Morgan fingerprint density at radius 3 is 2.57 bits per heavy atom. The third kappa shape index (κ3) is 1.49. The summed E-state index contributed by atoms with van der Waals surface area (Å²) in [5.74, 6) is 4.06. The molecule has 3 fully saturated rings. The molecule has 1 aliphatic heterocycles. The first-order valence-electron chi connectivity index (χ1n) is 6.27. The Kier molecular flexibility index (Phi) is 2.29. The molecule has 3 aliphatic rings. The maximum atomic E-state index is 5.64. The van der Waals surface area contributed by atoms with E-state index in [0.717, 1.165) is 30.2 Å². The molecule has 2 saturated carbocycles. The predicted octanol–water partition coefficient (Wildman–Crippen LogP) is 1.31. The Bertz CT molecular complexity index is 210. The third-order valence-corrected chi connectivity index (χ3v) is 4.74. The van der Waals surface area contributed by atoms with E-state index in [-0.39, 0.29) is 0 Å². The molecule has 80 valence electrons. The van der Waals surface area contributed by atoms with E-state index in [1.807, 2.05) is 0 Å².